The summed E-state index contributed by atoms with van der Waals surface area (Å²) in [7, 11) is 2.99. The van der Waals surface area contributed by atoms with Crippen LogP contribution in [0.1, 0.15) is 51.9 Å². The number of aliphatic carboxylic acids is 1. The van der Waals surface area contributed by atoms with E-state index in [1.165, 1.54) is 19.3 Å². The van der Waals surface area contributed by atoms with Crippen molar-refractivity contribution in [2.75, 3.05) is 40.4 Å². The van der Waals surface area contributed by atoms with Gasteiger partial charge in [-0.2, -0.15) is 13.2 Å². The summed E-state index contributed by atoms with van der Waals surface area (Å²) in [5, 5.41) is 19.3. The van der Waals surface area contributed by atoms with E-state index < -0.39 is 23.6 Å². The second kappa shape index (κ2) is 15.4. The summed E-state index contributed by atoms with van der Waals surface area (Å²) in [6.45, 7) is 6.77. The number of likely N-dealkylation sites (tertiary alicyclic amines) is 2. The van der Waals surface area contributed by atoms with Crippen LogP contribution in [-0.2, 0) is 24.1 Å². The second-order valence-corrected chi connectivity index (χ2v) is 13.5. The number of aliphatic hydroxyl groups is 1. The topological polar surface area (TPSA) is 108 Å². The highest BCUT2D eigenvalue weighted by molar-refractivity contribution is 5.82. The van der Waals surface area contributed by atoms with Gasteiger partial charge in [-0.25, -0.2) is 4.98 Å². The molecule has 0 amide bonds. The van der Waals surface area contributed by atoms with E-state index in [0.29, 0.717) is 54.6 Å². The van der Waals surface area contributed by atoms with Crippen molar-refractivity contribution in [1.82, 2.24) is 19.8 Å². The lowest BCUT2D eigenvalue weighted by Crippen LogP contribution is -2.23. The van der Waals surface area contributed by atoms with Crippen LogP contribution in [0.4, 0.5) is 13.2 Å². The number of carboxylic acids is 1. The van der Waals surface area contributed by atoms with Crippen LogP contribution in [0.2, 0.25) is 0 Å². The third-order valence-electron chi connectivity index (χ3n) is 10.1. The lowest BCUT2D eigenvalue weighted by Gasteiger charge is -2.20. The number of aliphatic hydroxyl groups excluding tert-OH is 1. The van der Waals surface area contributed by atoms with Gasteiger partial charge in [-0.15, -0.1) is 0 Å². The van der Waals surface area contributed by atoms with Crippen molar-refractivity contribution in [1.29, 1.82) is 0 Å². The zero-order valence-electron chi connectivity index (χ0n) is 29.7. The van der Waals surface area contributed by atoms with E-state index in [0.717, 1.165) is 52.4 Å². The minimum atomic E-state index is -4.62. The number of carbonyl (C=O) groups is 1. The molecule has 3 heterocycles. The highest BCUT2D eigenvalue weighted by Gasteiger charge is 2.35. The van der Waals surface area contributed by atoms with Gasteiger partial charge in [-0.3, -0.25) is 19.6 Å². The fraction of sp³-hybridized carbons (Fsp3) is 0.375. The average Bonchev–Trinajstić information content (AvgIpc) is 3.76. The molecule has 12 heteroatoms. The molecule has 0 saturated carbocycles. The smallest absolute Gasteiger partial charge is 0.417 e. The molecule has 274 valence electrons. The molecular weight excluding hydrogens is 673 g/mol. The molecule has 0 aliphatic carbocycles. The van der Waals surface area contributed by atoms with Crippen molar-refractivity contribution in [3.05, 3.63) is 93.8 Å². The number of benzene rings is 3. The third kappa shape index (κ3) is 7.99. The molecular formula is C40H43F3N4O5. The molecule has 9 nitrogen and oxygen atoms in total. The van der Waals surface area contributed by atoms with Crippen molar-refractivity contribution in [2.45, 2.75) is 52.1 Å². The Balaban J connectivity index is 1.29. The van der Waals surface area contributed by atoms with Crippen molar-refractivity contribution in [2.24, 2.45) is 5.92 Å². The number of rotatable bonds is 11. The Hall–Kier alpha value is -4.78. The van der Waals surface area contributed by atoms with Gasteiger partial charge in [0.2, 0.25) is 5.88 Å². The Morgan fingerprint density at radius 3 is 2.23 bits per heavy atom. The van der Waals surface area contributed by atoms with Gasteiger partial charge in [-0.1, -0.05) is 48.6 Å². The summed E-state index contributed by atoms with van der Waals surface area (Å²) in [6.07, 6.45) is 1.11. The van der Waals surface area contributed by atoms with Gasteiger partial charge in [0.05, 0.1) is 43.7 Å². The van der Waals surface area contributed by atoms with Crippen LogP contribution < -0.4 is 9.47 Å². The van der Waals surface area contributed by atoms with E-state index in [-0.39, 0.29) is 24.8 Å². The first-order valence-electron chi connectivity index (χ1n) is 17.3. The average molecular weight is 717 g/mol. The number of halogens is 3. The van der Waals surface area contributed by atoms with E-state index in [1.54, 1.807) is 19.4 Å². The third-order valence-corrected chi connectivity index (χ3v) is 10.1. The molecule has 2 fully saturated rings. The lowest BCUT2D eigenvalue weighted by molar-refractivity contribution is -0.141. The lowest BCUT2D eigenvalue weighted by atomic mass is 9.90. The quantitative estimate of drug-likeness (QED) is 0.157. The zero-order valence-corrected chi connectivity index (χ0v) is 29.7. The highest BCUT2D eigenvalue weighted by Crippen LogP contribution is 2.39. The van der Waals surface area contributed by atoms with Gasteiger partial charge in [-0.05, 0) is 78.7 Å². The maximum Gasteiger partial charge on any atom is 0.417 e. The molecule has 1 aromatic heterocycles. The summed E-state index contributed by atoms with van der Waals surface area (Å²) >= 11 is 0. The number of methoxy groups -OCH3 is 2. The summed E-state index contributed by atoms with van der Waals surface area (Å²) in [5.74, 6) is -0.694. The van der Waals surface area contributed by atoms with Crippen LogP contribution in [-0.4, -0.2) is 82.5 Å². The van der Waals surface area contributed by atoms with Crippen LogP contribution >= 0.6 is 0 Å². The van der Waals surface area contributed by atoms with Crippen molar-refractivity contribution in [3.63, 3.8) is 0 Å². The van der Waals surface area contributed by atoms with E-state index in [1.807, 2.05) is 55.1 Å². The Bertz CT molecular complexity index is 1980. The van der Waals surface area contributed by atoms with E-state index in [2.05, 4.69) is 9.88 Å². The maximum atomic E-state index is 14.4. The second-order valence-electron chi connectivity index (χ2n) is 13.5. The highest BCUT2D eigenvalue weighted by atomic mass is 19.4. The number of β-amino-alcohol motifs (C(OH)–C–C–N with tert-alkyl or cyclic N) is 1. The normalized spacial score (nSPS) is 18.4. The van der Waals surface area contributed by atoms with Gasteiger partial charge in [0.15, 0.2) is 0 Å². The number of hydrogen-bond donors (Lipinski definition) is 2. The molecule has 4 aromatic rings. The van der Waals surface area contributed by atoms with Gasteiger partial charge < -0.3 is 19.7 Å². The van der Waals surface area contributed by atoms with Crippen LogP contribution in [0.25, 0.3) is 34.5 Å². The molecule has 0 unspecified atom stereocenters. The van der Waals surface area contributed by atoms with Crippen LogP contribution in [0.3, 0.4) is 0 Å². The summed E-state index contributed by atoms with van der Waals surface area (Å²) < 4.78 is 54.5. The zero-order chi connectivity index (χ0) is 37.2. The monoisotopic (exact) mass is 716 g/mol. The Morgan fingerprint density at radius 2 is 1.58 bits per heavy atom. The van der Waals surface area contributed by atoms with Crippen molar-refractivity contribution < 1.29 is 37.7 Å². The molecule has 2 aliphatic rings. The standard InChI is InChI=1S/C40H43F3N4O5/c1-24-26(11-12-27-18-37(51-3)29(17-34(27)40(41,42)43)21-46-15-13-28(20-46)39(49)50)7-5-8-31(24)32-9-6-10-33(25(32)2)35-19-44-36(38(45-35)52-4)23-47-16-14-30(48)22-47/h5-12,17-19,28,30,48H,13-16,20-23H2,1-4H3,(H,49,50)/b12-11+/t28-,30-/m1/s1. The van der Waals surface area contributed by atoms with Crippen molar-refractivity contribution >= 4 is 18.1 Å². The number of aromatic nitrogens is 2. The molecule has 2 aliphatic heterocycles. The number of hydrogen-bond acceptors (Lipinski definition) is 8. The molecule has 0 bridgehead atoms. The number of alkyl halides is 3. The molecule has 3 aromatic carbocycles. The summed E-state index contributed by atoms with van der Waals surface area (Å²) in [4.78, 5) is 24.9. The van der Waals surface area contributed by atoms with E-state index >= 15 is 0 Å². The maximum absolute atomic E-state index is 14.4. The van der Waals surface area contributed by atoms with Gasteiger partial charge in [0, 0.05) is 43.9 Å². The summed E-state index contributed by atoms with van der Waals surface area (Å²) in [6, 6.07) is 14.2. The van der Waals surface area contributed by atoms with E-state index in [4.69, 9.17) is 14.5 Å². The predicted molar refractivity (Wildman–Crippen MR) is 193 cm³/mol. The Kier molecular flexibility index (Phi) is 11.0. The van der Waals surface area contributed by atoms with Gasteiger partial charge in [0.25, 0.3) is 0 Å². The van der Waals surface area contributed by atoms with Crippen molar-refractivity contribution in [3.8, 4) is 34.0 Å². The first-order valence-corrected chi connectivity index (χ1v) is 17.3. The van der Waals surface area contributed by atoms with Crippen LogP contribution in [0.15, 0.2) is 54.7 Å². The Morgan fingerprint density at radius 1 is 0.904 bits per heavy atom. The minimum Gasteiger partial charge on any atom is -0.496 e. The molecule has 2 N–H and O–H groups in total. The minimum absolute atomic E-state index is 0.0298. The first kappa shape index (κ1) is 37.0. The van der Waals surface area contributed by atoms with E-state index in [9.17, 15) is 28.2 Å². The largest absolute Gasteiger partial charge is 0.496 e. The molecule has 0 radical (unpaired) electrons. The van der Waals surface area contributed by atoms with Gasteiger partial charge >= 0.3 is 12.1 Å². The number of carboxylic acid groups (broad SMARTS) is 1. The number of nitrogens with zero attached hydrogens (tertiary/aromatic N) is 4. The number of ether oxygens (including phenoxy) is 2. The molecule has 52 heavy (non-hydrogen) atoms. The fourth-order valence-electron chi connectivity index (χ4n) is 7.23. The summed E-state index contributed by atoms with van der Waals surface area (Å²) in [5.41, 5.74) is 6.27. The first-order chi connectivity index (χ1) is 24.9. The molecule has 2 saturated heterocycles. The Labute approximate surface area is 301 Å². The molecule has 0 spiro atoms. The van der Waals surface area contributed by atoms with Crippen LogP contribution in [0, 0.1) is 19.8 Å². The molecule has 6 rings (SSSR count). The SMILES string of the molecule is COc1cc(/C=C/c2cccc(-c3cccc(-c4cnc(CN5CC[C@@H](O)C5)c(OC)n4)c3C)c2C)c(C(F)(F)F)cc1CN1CC[C@@H](C(=O)O)C1. The van der Waals surface area contributed by atoms with Crippen LogP contribution in [0.5, 0.6) is 11.6 Å². The fourth-order valence-corrected chi connectivity index (χ4v) is 7.23. The predicted octanol–water partition coefficient (Wildman–Crippen LogP) is 7.11. The molecule has 2 atom stereocenters. The van der Waals surface area contributed by atoms with Gasteiger partial charge in [0.1, 0.15) is 11.4 Å².